The van der Waals surface area contributed by atoms with Gasteiger partial charge in [-0.1, -0.05) is 51.1 Å². The van der Waals surface area contributed by atoms with Crippen molar-refractivity contribution in [2.24, 2.45) is 0 Å². The lowest BCUT2D eigenvalue weighted by Gasteiger charge is -2.24. The van der Waals surface area contributed by atoms with Crippen LogP contribution in [0.2, 0.25) is 0 Å². The summed E-state index contributed by atoms with van der Waals surface area (Å²) >= 11 is 0. The third-order valence-electron chi connectivity index (χ3n) is 6.03. The third-order valence-corrected chi connectivity index (χ3v) is 7.75. The van der Waals surface area contributed by atoms with Crippen LogP contribution in [0.5, 0.6) is 0 Å². The van der Waals surface area contributed by atoms with Crippen molar-refractivity contribution in [2.75, 3.05) is 10.9 Å². The molecule has 0 unspecified atom stereocenters. The fraction of sp³-hybridized carbons (Fsp3) is 0.241. The molecule has 4 aromatic rings. The monoisotopic (exact) mass is 519 g/mol. The number of amides is 1. The Balaban J connectivity index is 1.91. The number of fused-ring (bicyclic) bond motifs is 1. The molecule has 0 N–H and O–H groups in total. The number of rotatable bonds is 6. The Bertz CT molecular complexity index is 1560. The predicted octanol–water partition coefficient (Wildman–Crippen LogP) is 6.25. The van der Waals surface area contributed by atoms with Crippen LogP contribution in [-0.4, -0.2) is 26.9 Å². The summed E-state index contributed by atoms with van der Waals surface area (Å²) in [7, 11) is -4.33. The zero-order valence-electron chi connectivity index (χ0n) is 21.4. The van der Waals surface area contributed by atoms with Gasteiger partial charge < -0.3 is 9.15 Å². The molecule has 7 nitrogen and oxygen atoms in total. The largest absolute Gasteiger partial charge is 0.462 e. The van der Waals surface area contributed by atoms with E-state index in [1.807, 2.05) is 20.8 Å². The standard InChI is InChI=1S/C29H29NO6S/c1-6-35-28(32)26-19(2)36-25-17-14-22(18-24(25)26)30(27(31)20-10-8-7-9-11-20)37(33,34)23-15-12-21(13-16-23)29(3,4)5/h7-18H,6H2,1-5H3. The number of hydrogen-bond donors (Lipinski definition) is 0. The highest BCUT2D eigenvalue weighted by Gasteiger charge is 2.33. The number of esters is 1. The molecule has 0 atom stereocenters. The normalized spacial score (nSPS) is 11.9. The Kier molecular flexibility index (Phi) is 6.97. The number of anilines is 1. The highest BCUT2D eigenvalue weighted by atomic mass is 32.2. The van der Waals surface area contributed by atoms with Gasteiger partial charge in [0.05, 0.1) is 17.2 Å². The summed E-state index contributed by atoms with van der Waals surface area (Å²) < 4.78 is 39.6. The van der Waals surface area contributed by atoms with Crippen LogP contribution >= 0.6 is 0 Å². The predicted molar refractivity (Wildman–Crippen MR) is 142 cm³/mol. The van der Waals surface area contributed by atoms with Crippen molar-refractivity contribution < 1.29 is 27.2 Å². The van der Waals surface area contributed by atoms with Crippen LogP contribution in [0.15, 0.2) is 82.1 Å². The minimum Gasteiger partial charge on any atom is -0.462 e. The fourth-order valence-corrected chi connectivity index (χ4v) is 5.49. The Morgan fingerprint density at radius 1 is 0.946 bits per heavy atom. The highest BCUT2D eigenvalue weighted by Crippen LogP contribution is 2.34. The lowest BCUT2D eigenvalue weighted by molar-refractivity contribution is 0.0526. The van der Waals surface area contributed by atoms with E-state index in [2.05, 4.69) is 0 Å². The van der Waals surface area contributed by atoms with E-state index in [1.54, 1.807) is 62.4 Å². The molecule has 8 heteroatoms. The van der Waals surface area contributed by atoms with Crippen molar-refractivity contribution in [1.82, 2.24) is 0 Å². The van der Waals surface area contributed by atoms with E-state index < -0.39 is 21.9 Å². The molecule has 0 radical (unpaired) electrons. The minimum atomic E-state index is -4.33. The van der Waals surface area contributed by atoms with E-state index in [-0.39, 0.29) is 33.7 Å². The summed E-state index contributed by atoms with van der Waals surface area (Å²) in [5.41, 5.74) is 1.64. The van der Waals surface area contributed by atoms with E-state index in [0.717, 1.165) is 9.87 Å². The molecule has 1 aromatic heterocycles. The van der Waals surface area contributed by atoms with Gasteiger partial charge in [-0.3, -0.25) is 4.79 Å². The van der Waals surface area contributed by atoms with Crippen molar-refractivity contribution >= 4 is 38.6 Å². The quantitative estimate of drug-likeness (QED) is 0.280. The van der Waals surface area contributed by atoms with Gasteiger partial charge in [0.15, 0.2) is 0 Å². The first kappa shape index (κ1) is 26.2. The average Bonchev–Trinajstić information content (AvgIpc) is 3.19. The van der Waals surface area contributed by atoms with Gasteiger partial charge in [-0.05, 0) is 67.3 Å². The summed E-state index contributed by atoms with van der Waals surface area (Å²) in [6.07, 6.45) is 0. The van der Waals surface area contributed by atoms with Gasteiger partial charge >= 0.3 is 5.97 Å². The first-order valence-electron chi connectivity index (χ1n) is 11.9. The van der Waals surface area contributed by atoms with Crippen LogP contribution in [0.1, 0.15) is 59.7 Å². The first-order chi connectivity index (χ1) is 17.4. The van der Waals surface area contributed by atoms with Crippen LogP contribution in [-0.2, 0) is 20.2 Å². The molecule has 0 aliphatic rings. The zero-order valence-corrected chi connectivity index (χ0v) is 22.3. The van der Waals surface area contributed by atoms with E-state index in [1.165, 1.54) is 24.3 Å². The molecule has 0 spiro atoms. The van der Waals surface area contributed by atoms with Gasteiger partial charge in [-0.15, -0.1) is 0 Å². The lowest BCUT2D eigenvalue weighted by Crippen LogP contribution is -2.37. The van der Waals surface area contributed by atoms with Crippen LogP contribution in [0.25, 0.3) is 11.0 Å². The molecule has 0 aliphatic heterocycles. The van der Waals surface area contributed by atoms with Gasteiger partial charge in [-0.2, -0.15) is 4.31 Å². The number of ether oxygens (including phenoxy) is 1. The highest BCUT2D eigenvalue weighted by molar-refractivity contribution is 7.93. The maximum atomic E-state index is 14.0. The molecular weight excluding hydrogens is 490 g/mol. The van der Waals surface area contributed by atoms with Crippen molar-refractivity contribution in [1.29, 1.82) is 0 Å². The molecule has 0 saturated carbocycles. The van der Waals surface area contributed by atoms with Crippen LogP contribution in [0.3, 0.4) is 0 Å². The van der Waals surface area contributed by atoms with Gasteiger partial charge in [0, 0.05) is 10.9 Å². The second-order valence-corrected chi connectivity index (χ2v) is 11.4. The Labute approximate surface area is 216 Å². The molecule has 0 fully saturated rings. The Hall–Kier alpha value is -3.91. The SMILES string of the molecule is CCOC(=O)c1c(C)oc2ccc(N(C(=O)c3ccccc3)S(=O)(=O)c3ccc(C(C)(C)C)cc3)cc12. The topological polar surface area (TPSA) is 93.9 Å². The summed E-state index contributed by atoms with van der Waals surface area (Å²) in [6, 6.07) is 19.2. The summed E-state index contributed by atoms with van der Waals surface area (Å²) in [6.45, 7) is 9.59. The molecule has 0 saturated heterocycles. The summed E-state index contributed by atoms with van der Waals surface area (Å²) in [5.74, 6) is -0.970. The summed E-state index contributed by atoms with van der Waals surface area (Å²) in [4.78, 5) is 26.3. The Morgan fingerprint density at radius 3 is 2.19 bits per heavy atom. The molecule has 4 rings (SSSR count). The van der Waals surface area contributed by atoms with Crippen LogP contribution in [0.4, 0.5) is 5.69 Å². The van der Waals surface area contributed by atoms with Crippen molar-refractivity contribution in [2.45, 2.75) is 44.9 Å². The van der Waals surface area contributed by atoms with E-state index in [0.29, 0.717) is 16.7 Å². The second kappa shape index (κ2) is 9.86. The van der Waals surface area contributed by atoms with Gasteiger partial charge in [0.25, 0.3) is 15.9 Å². The van der Waals surface area contributed by atoms with Gasteiger partial charge in [0.1, 0.15) is 16.9 Å². The summed E-state index contributed by atoms with van der Waals surface area (Å²) in [5, 5.41) is 0.359. The molecule has 0 bridgehead atoms. The van der Waals surface area contributed by atoms with Crippen molar-refractivity contribution in [3.63, 3.8) is 0 Å². The number of hydrogen-bond acceptors (Lipinski definition) is 6. The smallest absolute Gasteiger partial charge is 0.342 e. The number of benzene rings is 3. The molecule has 1 heterocycles. The fourth-order valence-electron chi connectivity index (χ4n) is 4.09. The molecule has 37 heavy (non-hydrogen) atoms. The third kappa shape index (κ3) is 5.02. The average molecular weight is 520 g/mol. The molecule has 0 aliphatic carbocycles. The minimum absolute atomic E-state index is 0.0288. The van der Waals surface area contributed by atoms with Gasteiger partial charge in [0.2, 0.25) is 0 Å². The Morgan fingerprint density at radius 2 is 1.59 bits per heavy atom. The zero-order chi connectivity index (χ0) is 27.0. The molecule has 192 valence electrons. The van der Waals surface area contributed by atoms with Crippen LogP contribution in [0, 0.1) is 6.92 Å². The molecule has 3 aromatic carbocycles. The van der Waals surface area contributed by atoms with Gasteiger partial charge in [-0.25, -0.2) is 13.2 Å². The lowest BCUT2D eigenvalue weighted by atomic mass is 9.87. The number of carbonyl (C=O) groups excluding carboxylic acids is 2. The number of furan rings is 1. The van der Waals surface area contributed by atoms with Crippen molar-refractivity contribution in [3.05, 3.63) is 95.2 Å². The number of aryl methyl sites for hydroxylation is 1. The number of nitrogens with zero attached hydrogens (tertiary/aromatic N) is 1. The molecular formula is C29H29NO6S. The van der Waals surface area contributed by atoms with E-state index in [9.17, 15) is 18.0 Å². The first-order valence-corrected chi connectivity index (χ1v) is 13.3. The second-order valence-electron chi connectivity index (χ2n) is 9.65. The maximum Gasteiger partial charge on any atom is 0.342 e. The number of sulfonamides is 1. The number of carbonyl (C=O) groups is 2. The van der Waals surface area contributed by atoms with Crippen LogP contribution < -0.4 is 4.31 Å². The molecule has 1 amide bonds. The van der Waals surface area contributed by atoms with Crippen molar-refractivity contribution in [3.8, 4) is 0 Å². The van der Waals surface area contributed by atoms with E-state index >= 15 is 0 Å². The van der Waals surface area contributed by atoms with E-state index in [4.69, 9.17) is 9.15 Å². The maximum absolute atomic E-state index is 14.0.